The quantitative estimate of drug-likeness (QED) is 0.277. The fourth-order valence-corrected chi connectivity index (χ4v) is 4.78. The Kier molecular flexibility index (Phi) is 8.39. The van der Waals surface area contributed by atoms with Crippen LogP contribution in [0, 0.1) is 5.92 Å². The lowest BCUT2D eigenvalue weighted by Gasteiger charge is -2.18. The Hall–Kier alpha value is -3.64. The van der Waals surface area contributed by atoms with Gasteiger partial charge in [-0.3, -0.25) is 0 Å². The highest BCUT2D eigenvalue weighted by Crippen LogP contribution is 2.37. The lowest BCUT2D eigenvalue weighted by Crippen LogP contribution is -2.01. The molecule has 0 saturated heterocycles. The van der Waals surface area contributed by atoms with E-state index in [1.807, 2.05) is 0 Å². The Morgan fingerprint density at radius 3 is 1.64 bits per heavy atom. The molecule has 0 heteroatoms. The van der Waals surface area contributed by atoms with Crippen LogP contribution in [0.5, 0.6) is 0 Å². The highest BCUT2D eigenvalue weighted by molar-refractivity contribution is 5.82. The SMILES string of the molecule is C=C(CC(=CC1=CC=CC1C(=C)c1ccc(CC)cc1)c1ccc(CC)cc1)c1ccc(CC)cc1. The normalized spacial score (nSPS) is 15.1. The molecule has 0 heterocycles. The summed E-state index contributed by atoms with van der Waals surface area (Å²) in [4.78, 5) is 0. The van der Waals surface area contributed by atoms with Gasteiger partial charge in [0, 0.05) is 5.92 Å². The lowest BCUT2D eigenvalue weighted by atomic mass is 9.86. The minimum Gasteiger partial charge on any atom is -0.0949 e. The van der Waals surface area contributed by atoms with Gasteiger partial charge in [0.1, 0.15) is 0 Å². The smallest absolute Gasteiger partial charge is 0.0272 e. The van der Waals surface area contributed by atoms with Gasteiger partial charge in [-0.25, -0.2) is 0 Å². The van der Waals surface area contributed by atoms with Crippen molar-refractivity contribution in [3.8, 4) is 0 Å². The molecule has 0 amide bonds. The molecule has 1 aliphatic carbocycles. The Balaban J connectivity index is 1.64. The molecule has 182 valence electrons. The molecular weight excluding hydrogens is 432 g/mol. The molecule has 4 rings (SSSR count). The summed E-state index contributed by atoms with van der Waals surface area (Å²) >= 11 is 0. The molecular formula is C36H38. The summed E-state index contributed by atoms with van der Waals surface area (Å²) in [6.45, 7) is 15.6. The van der Waals surface area contributed by atoms with Crippen LogP contribution in [0.4, 0.5) is 0 Å². The fraction of sp³-hybridized carbons (Fsp3) is 0.222. The zero-order valence-electron chi connectivity index (χ0n) is 22.1. The molecule has 0 aliphatic heterocycles. The fourth-order valence-electron chi connectivity index (χ4n) is 4.78. The van der Waals surface area contributed by atoms with Crippen molar-refractivity contribution in [2.45, 2.75) is 46.5 Å². The first kappa shape index (κ1) is 25.5. The van der Waals surface area contributed by atoms with Gasteiger partial charge in [0.25, 0.3) is 0 Å². The highest BCUT2D eigenvalue weighted by atomic mass is 14.2. The van der Waals surface area contributed by atoms with E-state index in [9.17, 15) is 0 Å². The Morgan fingerprint density at radius 1 is 0.667 bits per heavy atom. The second-order valence-corrected chi connectivity index (χ2v) is 9.66. The average Bonchev–Trinajstić information content (AvgIpc) is 3.40. The van der Waals surface area contributed by atoms with Gasteiger partial charge in [0.05, 0.1) is 0 Å². The third kappa shape index (κ3) is 5.94. The van der Waals surface area contributed by atoms with E-state index >= 15 is 0 Å². The zero-order chi connectivity index (χ0) is 25.5. The number of rotatable bonds is 10. The number of hydrogen-bond acceptors (Lipinski definition) is 0. The maximum absolute atomic E-state index is 4.50. The summed E-state index contributed by atoms with van der Waals surface area (Å²) in [6.07, 6.45) is 13.0. The molecule has 0 spiro atoms. The van der Waals surface area contributed by atoms with Crippen LogP contribution in [0.25, 0.3) is 16.7 Å². The summed E-state index contributed by atoms with van der Waals surface area (Å²) in [6, 6.07) is 26.7. The van der Waals surface area contributed by atoms with Crippen molar-refractivity contribution < 1.29 is 0 Å². The third-order valence-electron chi connectivity index (χ3n) is 7.31. The van der Waals surface area contributed by atoms with E-state index in [1.54, 1.807) is 0 Å². The van der Waals surface area contributed by atoms with Crippen LogP contribution in [0.3, 0.4) is 0 Å². The summed E-state index contributed by atoms with van der Waals surface area (Å²) in [5, 5.41) is 0. The van der Waals surface area contributed by atoms with Crippen LogP contribution < -0.4 is 0 Å². The van der Waals surface area contributed by atoms with Gasteiger partial charge in [0.2, 0.25) is 0 Å². The Bertz CT molecular complexity index is 1290. The summed E-state index contributed by atoms with van der Waals surface area (Å²) in [5.74, 6) is 0.180. The second-order valence-electron chi connectivity index (χ2n) is 9.66. The van der Waals surface area contributed by atoms with E-state index in [4.69, 9.17) is 0 Å². The molecule has 0 radical (unpaired) electrons. The maximum Gasteiger partial charge on any atom is 0.0272 e. The van der Waals surface area contributed by atoms with Gasteiger partial charge in [-0.05, 0) is 81.4 Å². The molecule has 0 fully saturated rings. The predicted octanol–water partition coefficient (Wildman–Crippen LogP) is 9.69. The minimum absolute atomic E-state index is 0.180. The first-order chi connectivity index (χ1) is 17.5. The van der Waals surface area contributed by atoms with Crippen LogP contribution in [0.1, 0.15) is 60.6 Å². The van der Waals surface area contributed by atoms with Crippen molar-refractivity contribution in [3.05, 3.63) is 149 Å². The van der Waals surface area contributed by atoms with Gasteiger partial charge < -0.3 is 0 Å². The monoisotopic (exact) mass is 470 g/mol. The van der Waals surface area contributed by atoms with Gasteiger partial charge >= 0.3 is 0 Å². The van der Waals surface area contributed by atoms with Crippen molar-refractivity contribution in [2.75, 3.05) is 0 Å². The van der Waals surface area contributed by atoms with Crippen molar-refractivity contribution >= 4 is 16.7 Å². The summed E-state index contributed by atoms with van der Waals surface area (Å²) < 4.78 is 0. The Labute approximate surface area is 218 Å². The topological polar surface area (TPSA) is 0 Å². The molecule has 1 unspecified atom stereocenters. The van der Waals surface area contributed by atoms with Crippen molar-refractivity contribution in [3.63, 3.8) is 0 Å². The number of benzene rings is 3. The van der Waals surface area contributed by atoms with Crippen LogP contribution in [-0.4, -0.2) is 0 Å². The summed E-state index contributed by atoms with van der Waals surface area (Å²) in [7, 11) is 0. The van der Waals surface area contributed by atoms with Crippen molar-refractivity contribution in [1.82, 2.24) is 0 Å². The lowest BCUT2D eigenvalue weighted by molar-refractivity contribution is 1.05. The number of allylic oxidation sites excluding steroid dienone is 8. The zero-order valence-corrected chi connectivity index (χ0v) is 22.1. The number of hydrogen-bond donors (Lipinski definition) is 0. The molecule has 1 aliphatic rings. The molecule has 0 N–H and O–H groups in total. The van der Waals surface area contributed by atoms with Crippen LogP contribution >= 0.6 is 0 Å². The van der Waals surface area contributed by atoms with Gasteiger partial charge in [0.15, 0.2) is 0 Å². The first-order valence-electron chi connectivity index (χ1n) is 13.3. The van der Waals surface area contributed by atoms with E-state index < -0.39 is 0 Å². The predicted molar refractivity (Wildman–Crippen MR) is 159 cm³/mol. The minimum atomic E-state index is 0.180. The van der Waals surface area contributed by atoms with Gasteiger partial charge in [-0.1, -0.05) is 131 Å². The standard InChI is InChI=1S/C36H38/c1-6-28-12-18-31(19-13-28)26(4)24-35(33-22-16-30(8-3)17-23-33)25-34-10-9-11-36(34)27(5)32-20-14-29(7-2)15-21-32/h9-23,25,36H,4-8,24H2,1-3H3. The second kappa shape index (κ2) is 11.9. The molecule has 0 bridgehead atoms. The molecule has 1 atom stereocenters. The largest absolute Gasteiger partial charge is 0.0949 e. The average molecular weight is 471 g/mol. The van der Waals surface area contributed by atoms with E-state index in [2.05, 4.69) is 131 Å². The van der Waals surface area contributed by atoms with E-state index in [0.717, 1.165) is 36.8 Å². The molecule has 0 nitrogen and oxygen atoms in total. The van der Waals surface area contributed by atoms with Gasteiger partial charge in [-0.15, -0.1) is 0 Å². The number of aryl methyl sites for hydroxylation is 3. The maximum atomic E-state index is 4.50. The van der Waals surface area contributed by atoms with Crippen LogP contribution in [-0.2, 0) is 19.3 Å². The molecule has 3 aromatic carbocycles. The van der Waals surface area contributed by atoms with Crippen LogP contribution in [0.2, 0.25) is 0 Å². The molecule has 0 aromatic heterocycles. The van der Waals surface area contributed by atoms with Crippen molar-refractivity contribution in [1.29, 1.82) is 0 Å². The molecule has 36 heavy (non-hydrogen) atoms. The van der Waals surface area contributed by atoms with Crippen LogP contribution in [0.15, 0.2) is 116 Å². The van der Waals surface area contributed by atoms with Gasteiger partial charge in [-0.2, -0.15) is 0 Å². The first-order valence-corrected chi connectivity index (χ1v) is 13.3. The van der Waals surface area contributed by atoms with E-state index in [-0.39, 0.29) is 5.92 Å². The molecule has 0 saturated carbocycles. The summed E-state index contributed by atoms with van der Waals surface area (Å²) in [5.41, 5.74) is 12.6. The van der Waals surface area contributed by atoms with E-state index in [1.165, 1.54) is 44.5 Å². The Morgan fingerprint density at radius 2 is 1.14 bits per heavy atom. The third-order valence-corrected chi connectivity index (χ3v) is 7.31. The highest BCUT2D eigenvalue weighted by Gasteiger charge is 2.19. The van der Waals surface area contributed by atoms with E-state index in [0.29, 0.717) is 0 Å². The van der Waals surface area contributed by atoms with Crippen molar-refractivity contribution in [2.24, 2.45) is 5.92 Å². The molecule has 3 aromatic rings.